The van der Waals surface area contributed by atoms with Gasteiger partial charge in [0.05, 0.1) is 0 Å². The molecule has 1 aliphatic rings. The van der Waals surface area contributed by atoms with Crippen molar-refractivity contribution in [1.82, 2.24) is 15.2 Å². The molecular formula is C24H30FN3. The summed E-state index contributed by atoms with van der Waals surface area (Å²) >= 11 is 0. The van der Waals surface area contributed by atoms with Crippen molar-refractivity contribution in [3.63, 3.8) is 0 Å². The summed E-state index contributed by atoms with van der Waals surface area (Å²) in [5.74, 6) is 0.414. The largest absolute Gasteiger partial charge is 0.361 e. The van der Waals surface area contributed by atoms with Crippen LogP contribution in [0.15, 0.2) is 54.7 Å². The first-order chi connectivity index (χ1) is 13.8. The zero-order chi connectivity index (χ0) is 19.2. The van der Waals surface area contributed by atoms with E-state index in [2.05, 4.69) is 51.7 Å². The fourth-order valence-corrected chi connectivity index (χ4v) is 4.34. The van der Waals surface area contributed by atoms with Gasteiger partial charge >= 0.3 is 0 Å². The third kappa shape index (κ3) is 4.81. The Hall–Kier alpha value is -2.17. The molecule has 148 valence electrons. The number of aromatic amines is 1. The molecule has 0 radical (unpaired) electrons. The van der Waals surface area contributed by atoms with E-state index in [-0.39, 0.29) is 5.82 Å². The third-order valence-electron chi connectivity index (χ3n) is 5.95. The van der Waals surface area contributed by atoms with Gasteiger partial charge in [-0.3, -0.25) is 0 Å². The van der Waals surface area contributed by atoms with Crippen LogP contribution in [0.1, 0.15) is 42.7 Å². The van der Waals surface area contributed by atoms with Crippen LogP contribution in [-0.2, 0) is 6.54 Å². The number of unbranched alkanes of at least 4 members (excludes halogenated alkanes) is 1. The van der Waals surface area contributed by atoms with Crippen molar-refractivity contribution in [3.05, 3.63) is 71.7 Å². The van der Waals surface area contributed by atoms with Crippen LogP contribution in [0.2, 0.25) is 0 Å². The quantitative estimate of drug-likeness (QED) is 0.536. The lowest BCUT2D eigenvalue weighted by molar-refractivity contribution is 0.209. The van der Waals surface area contributed by atoms with Crippen LogP contribution in [0.25, 0.3) is 10.9 Å². The number of likely N-dealkylation sites (tertiary alicyclic amines) is 1. The van der Waals surface area contributed by atoms with Crippen LogP contribution < -0.4 is 5.32 Å². The van der Waals surface area contributed by atoms with Gasteiger partial charge in [-0.1, -0.05) is 30.3 Å². The highest BCUT2D eigenvalue weighted by Gasteiger charge is 2.22. The van der Waals surface area contributed by atoms with Crippen LogP contribution in [-0.4, -0.2) is 36.1 Å². The summed E-state index contributed by atoms with van der Waals surface area (Å²) in [5.41, 5.74) is 3.63. The average Bonchev–Trinajstić information content (AvgIpc) is 3.15. The van der Waals surface area contributed by atoms with Crippen LogP contribution >= 0.6 is 0 Å². The molecule has 2 aromatic carbocycles. The minimum Gasteiger partial charge on any atom is -0.361 e. The Morgan fingerprint density at radius 1 is 1.04 bits per heavy atom. The number of rotatable bonds is 8. The highest BCUT2D eigenvalue weighted by Crippen LogP contribution is 2.33. The van der Waals surface area contributed by atoms with Crippen molar-refractivity contribution >= 4 is 10.9 Å². The number of hydrogen-bond acceptors (Lipinski definition) is 2. The number of H-pyrrole nitrogens is 1. The van der Waals surface area contributed by atoms with Gasteiger partial charge in [-0.25, -0.2) is 4.39 Å². The van der Waals surface area contributed by atoms with Crippen LogP contribution in [0.4, 0.5) is 4.39 Å². The fourth-order valence-electron chi connectivity index (χ4n) is 4.34. The van der Waals surface area contributed by atoms with Gasteiger partial charge in [-0.2, -0.15) is 0 Å². The van der Waals surface area contributed by atoms with E-state index in [1.54, 1.807) is 12.1 Å². The highest BCUT2D eigenvalue weighted by atomic mass is 19.1. The second-order valence-electron chi connectivity index (χ2n) is 7.92. The Balaban J connectivity index is 1.15. The van der Waals surface area contributed by atoms with Crippen molar-refractivity contribution in [2.45, 2.75) is 38.1 Å². The molecule has 3 aromatic rings. The maximum Gasteiger partial charge on any atom is 0.125 e. The van der Waals surface area contributed by atoms with E-state index in [9.17, 15) is 4.39 Å². The molecule has 1 aromatic heterocycles. The molecule has 4 heteroatoms. The molecule has 0 amide bonds. The van der Waals surface area contributed by atoms with Crippen molar-refractivity contribution in [2.24, 2.45) is 0 Å². The number of piperidine rings is 1. The van der Waals surface area contributed by atoms with Crippen molar-refractivity contribution in [2.75, 3.05) is 26.2 Å². The number of benzene rings is 2. The smallest absolute Gasteiger partial charge is 0.125 e. The lowest BCUT2D eigenvalue weighted by Gasteiger charge is -2.32. The Kier molecular flexibility index (Phi) is 6.40. The molecular weight excluding hydrogens is 349 g/mol. The van der Waals surface area contributed by atoms with Crippen LogP contribution in [0, 0.1) is 5.82 Å². The van der Waals surface area contributed by atoms with Gasteiger partial charge in [0.15, 0.2) is 0 Å². The maximum absolute atomic E-state index is 13.4. The average molecular weight is 380 g/mol. The van der Waals surface area contributed by atoms with Gasteiger partial charge in [-0.15, -0.1) is 0 Å². The number of nitrogens with zero attached hydrogens (tertiary/aromatic N) is 1. The van der Waals surface area contributed by atoms with Crippen molar-refractivity contribution in [1.29, 1.82) is 0 Å². The van der Waals surface area contributed by atoms with Gasteiger partial charge < -0.3 is 15.2 Å². The number of hydrogen-bond donors (Lipinski definition) is 2. The first-order valence-corrected chi connectivity index (χ1v) is 10.5. The van der Waals surface area contributed by atoms with Crippen molar-refractivity contribution < 1.29 is 4.39 Å². The Bertz CT molecular complexity index is 866. The third-order valence-corrected chi connectivity index (χ3v) is 5.95. The summed E-state index contributed by atoms with van der Waals surface area (Å²) in [7, 11) is 0. The van der Waals surface area contributed by atoms with Gasteiger partial charge in [0.1, 0.15) is 5.82 Å². The summed E-state index contributed by atoms with van der Waals surface area (Å²) in [6.07, 6.45) is 6.94. The van der Waals surface area contributed by atoms with E-state index < -0.39 is 0 Å². The highest BCUT2D eigenvalue weighted by molar-refractivity contribution is 5.83. The van der Waals surface area contributed by atoms with Gasteiger partial charge in [0, 0.05) is 23.6 Å². The molecule has 0 unspecified atom stereocenters. The molecule has 2 N–H and O–H groups in total. The van der Waals surface area contributed by atoms with E-state index in [0.29, 0.717) is 5.92 Å². The van der Waals surface area contributed by atoms with Crippen LogP contribution in [0.3, 0.4) is 0 Å². The Morgan fingerprint density at radius 3 is 2.68 bits per heavy atom. The number of fused-ring (bicyclic) bond motifs is 1. The monoisotopic (exact) mass is 379 g/mol. The molecule has 4 rings (SSSR count). The molecule has 2 heterocycles. The second-order valence-corrected chi connectivity index (χ2v) is 7.92. The zero-order valence-corrected chi connectivity index (χ0v) is 16.5. The number of halogens is 1. The fraction of sp³-hybridized carbons (Fsp3) is 0.417. The molecule has 0 atom stereocenters. The summed E-state index contributed by atoms with van der Waals surface area (Å²) in [6, 6.07) is 15.7. The Morgan fingerprint density at radius 2 is 1.86 bits per heavy atom. The van der Waals surface area contributed by atoms with Crippen molar-refractivity contribution in [3.8, 4) is 0 Å². The molecule has 1 fully saturated rings. The molecule has 28 heavy (non-hydrogen) atoms. The summed E-state index contributed by atoms with van der Waals surface area (Å²) in [4.78, 5) is 5.84. The van der Waals surface area contributed by atoms with Crippen LogP contribution in [0.5, 0.6) is 0 Å². The van der Waals surface area contributed by atoms with Gasteiger partial charge in [0.25, 0.3) is 0 Å². The Labute approximate surface area is 166 Å². The predicted molar refractivity (Wildman–Crippen MR) is 114 cm³/mol. The molecule has 3 nitrogen and oxygen atoms in total. The minimum atomic E-state index is -0.172. The standard InChI is InChI=1S/C24H30FN3/c25-21-8-9-22-23(18-27-24(22)16-21)20-10-14-28(15-11-20)13-5-4-12-26-17-19-6-2-1-3-7-19/h1-3,6-9,16,18,20,26-27H,4-5,10-15,17H2. The summed E-state index contributed by atoms with van der Waals surface area (Å²) < 4.78 is 13.4. The molecule has 1 aliphatic heterocycles. The second kappa shape index (κ2) is 9.35. The van der Waals surface area contributed by atoms with E-state index >= 15 is 0 Å². The molecule has 0 saturated carbocycles. The SMILES string of the molecule is Fc1ccc2c(C3CCN(CCCCNCc4ccccc4)CC3)c[nH]c2c1. The molecule has 1 saturated heterocycles. The van der Waals surface area contributed by atoms with Gasteiger partial charge in [-0.05, 0) is 87.1 Å². The predicted octanol–water partition coefficient (Wildman–Crippen LogP) is 5.06. The van der Waals surface area contributed by atoms with E-state index in [1.807, 2.05) is 6.07 Å². The normalized spacial score (nSPS) is 16.0. The topological polar surface area (TPSA) is 31.1 Å². The molecule has 0 aliphatic carbocycles. The van der Waals surface area contributed by atoms with E-state index in [1.165, 1.54) is 48.7 Å². The first kappa shape index (κ1) is 19.2. The van der Waals surface area contributed by atoms with E-state index in [0.717, 1.165) is 31.7 Å². The van der Waals surface area contributed by atoms with E-state index in [4.69, 9.17) is 0 Å². The lowest BCUT2D eigenvalue weighted by Crippen LogP contribution is -2.34. The summed E-state index contributed by atoms with van der Waals surface area (Å²) in [6.45, 7) is 5.56. The summed E-state index contributed by atoms with van der Waals surface area (Å²) in [5, 5.41) is 4.72. The van der Waals surface area contributed by atoms with Gasteiger partial charge in [0.2, 0.25) is 0 Å². The molecule has 0 bridgehead atoms. The maximum atomic E-state index is 13.4. The molecule has 0 spiro atoms. The zero-order valence-electron chi connectivity index (χ0n) is 16.5. The minimum absolute atomic E-state index is 0.172. The first-order valence-electron chi connectivity index (χ1n) is 10.5. The number of nitrogens with one attached hydrogen (secondary N) is 2. The number of aromatic nitrogens is 1. The lowest BCUT2D eigenvalue weighted by atomic mass is 9.89.